The molecule has 1 aliphatic heterocycles. The summed E-state index contributed by atoms with van der Waals surface area (Å²) in [4.78, 5) is 59.8. The molecule has 14 heteroatoms. The second-order valence-electron chi connectivity index (χ2n) is 7.87. The molecule has 0 aliphatic carbocycles. The smallest absolute Gasteiger partial charge is 0.332 e. The van der Waals surface area contributed by atoms with Crippen LogP contribution < -0.4 is 21.3 Å². The van der Waals surface area contributed by atoms with E-state index in [4.69, 9.17) is 5.11 Å². The number of hydrogen-bond acceptors (Lipinski definition) is 8. The summed E-state index contributed by atoms with van der Waals surface area (Å²) in [5, 5.41) is 10.5. The average molecular weight is 533 g/mol. The van der Waals surface area contributed by atoms with Crippen molar-refractivity contribution in [3.63, 3.8) is 0 Å². The molecular formula is C22H20N4O8S2. The van der Waals surface area contributed by atoms with Gasteiger partial charge in [0.25, 0.3) is 10.8 Å². The molecule has 3 N–H and O–H groups in total. The number of fused-ring (bicyclic) bond motifs is 1. The van der Waals surface area contributed by atoms with E-state index < -0.39 is 50.2 Å². The Morgan fingerprint density at radius 3 is 2.36 bits per heavy atom. The van der Waals surface area contributed by atoms with Crippen LogP contribution in [0, 0.1) is 0 Å². The third-order valence-electron chi connectivity index (χ3n) is 5.47. The van der Waals surface area contributed by atoms with E-state index in [1.165, 1.54) is 36.4 Å². The predicted octanol–water partition coefficient (Wildman–Crippen LogP) is 0.120. The Kier molecular flexibility index (Phi) is 7.10. The molecule has 36 heavy (non-hydrogen) atoms. The number of aromatic nitrogens is 2. The van der Waals surface area contributed by atoms with Gasteiger partial charge in [-0.2, -0.15) is 0 Å². The van der Waals surface area contributed by atoms with Gasteiger partial charge in [-0.1, -0.05) is 36.0 Å². The lowest BCUT2D eigenvalue weighted by Gasteiger charge is -2.13. The van der Waals surface area contributed by atoms with Crippen molar-refractivity contribution in [1.82, 2.24) is 19.2 Å². The number of carboxylic acids is 1. The highest BCUT2D eigenvalue weighted by Gasteiger charge is 2.31. The molecule has 4 rings (SSSR count). The zero-order valence-electron chi connectivity index (χ0n) is 18.5. The van der Waals surface area contributed by atoms with Gasteiger partial charge < -0.3 is 5.11 Å². The molecule has 1 saturated heterocycles. The van der Waals surface area contributed by atoms with Crippen LogP contribution in [-0.2, 0) is 39.1 Å². The number of nitrogens with zero attached hydrogens (tertiary/aromatic N) is 2. The van der Waals surface area contributed by atoms with Gasteiger partial charge in [-0.3, -0.25) is 33.6 Å². The summed E-state index contributed by atoms with van der Waals surface area (Å²) >= 11 is 0.876. The Morgan fingerprint density at radius 2 is 1.72 bits per heavy atom. The Balaban J connectivity index is 1.49. The standard InChI is InChI=1S/C22H20N4O8S2/c27-18(28)12-26-16-4-2-1-3-15(16)20(30)25(22(26)32)10-9-23-36(33,34)14-7-5-13(6-8-14)11-17-19(29)24-21(31)35-17/h1-8,17,23H,9-12H2,(H,27,28)(H,24,29,31). The van der Waals surface area contributed by atoms with E-state index in [1.54, 1.807) is 12.1 Å². The van der Waals surface area contributed by atoms with Crippen LogP contribution in [-0.4, -0.2) is 51.6 Å². The number of amides is 2. The van der Waals surface area contributed by atoms with Gasteiger partial charge in [-0.15, -0.1) is 0 Å². The fraction of sp³-hybridized carbons (Fsp3) is 0.227. The molecule has 1 unspecified atom stereocenters. The number of rotatable bonds is 9. The molecule has 3 aromatic rings. The number of aliphatic carboxylic acids is 1. The van der Waals surface area contributed by atoms with Crippen LogP contribution >= 0.6 is 11.8 Å². The van der Waals surface area contributed by atoms with Gasteiger partial charge in [-0.05, 0) is 36.2 Å². The third-order valence-corrected chi connectivity index (χ3v) is 7.93. The van der Waals surface area contributed by atoms with Crippen LogP contribution in [0.25, 0.3) is 10.9 Å². The highest BCUT2D eigenvalue weighted by atomic mass is 32.2. The largest absolute Gasteiger partial charge is 0.480 e. The quantitative estimate of drug-likeness (QED) is 0.346. The highest BCUT2D eigenvalue weighted by Crippen LogP contribution is 2.23. The van der Waals surface area contributed by atoms with Gasteiger partial charge in [0.15, 0.2) is 0 Å². The van der Waals surface area contributed by atoms with Gasteiger partial charge in [0.2, 0.25) is 15.9 Å². The topological polar surface area (TPSA) is 174 Å². The van der Waals surface area contributed by atoms with Crippen LogP contribution in [0.1, 0.15) is 5.56 Å². The van der Waals surface area contributed by atoms with E-state index >= 15 is 0 Å². The molecule has 0 radical (unpaired) electrons. The summed E-state index contributed by atoms with van der Waals surface area (Å²) in [7, 11) is -4.00. The molecule has 1 aromatic heterocycles. The molecule has 2 heterocycles. The van der Waals surface area contributed by atoms with Crippen LogP contribution in [0.15, 0.2) is 63.0 Å². The maximum atomic E-state index is 12.8. The van der Waals surface area contributed by atoms with E-state index in [1.807, 2.05) is 0 Å². The van der Waals surface area contributed by atoms with E-state index in [2.05, 4.69) is 10.0 Å². The summed E-state index contributed by atoms with van der Waals surface area (Å²) in [5.74, 6) is -1.66. The van der Waals surface area contributed by atoms with Gasteiger partial charge in [0, 0.05) is 13.1 Å². The SMILES string of the molecule is O=C(O)Cn1c(=O)n(CCNS(=O)(=O)c2ccc(CC3SC(=O)NC3=O)cc2)c(=O)c2ccccc21. The maximum absolute atomic E-state index is 12.8. The van der Waals surface area contributed by atoms with Crippen LogP contribution in [0.5, 0.6) is 0 Å². The van der Waals surface area contributed by atoms with Crippen molar-refractivity contribution in [2.75, 3.05) is 6.54 Å². The van der Waals surface area contributed by atoms with Gasteiger partial charge in [-0.25, -0.2) is 17.9 Å². The van der Waals surface area contributed by atoms with Crippen LogP contribution in [0.4, 0.5) is 4.79 Å². The molecule has 0 saturated carbocycles. The number of sulfonamides is 1. The second kappa shape index (κ2) is 10.1. The normalized spacial score (nSPS) is 15.8. The van der Waals surface area contributed by atoms with Crippen LogP contribution in [0.3, 0.4) is 0 Å². The van der Waals surface area contributed by atoms with Gasteiger partial charge in [0.05, 0.1) is 21.0 Å². The number of para-hydroxylation sites is 1. The predicted molar refractivity (Wildman–Crippen MR) is 130 cm³/mol. The van der Waals surface area contributed by atoms with E-state index in [0.717, 1.165) is 20.9 Å². The zero-order chi connectivity index (χ0) is 26.0. The number of benzene rings is 2. The van der Waals surface area contributed by atoms with E-state index in [0.29, 0.717) is 5.56 Å². The Bertz CT molecular complexity index is 1590. The Morgan fingerprint density at radius 1 is 1.03 bits per heavy atom. The minimum absolute atomic E-state index is 0.0694. The molecule has 12 nitrogen and oxygen atoms in total. The van der Waals surface area contributed by atoms with E-state index in [-0.39, 0.29) is 35.3 Å². The van der Waals surface area contributed by atoms with Crippen molar-refractivity contribution in [2.24, 2.45) is 0 Å². The molecule has 1 atom stereocenters. The molecule has 0 bridgehead atoms. The van der Waals surface area contributed by atoms with Crippen LogP contribution in [0.2, 0.25) is 0 Å². The molecule has 2 amide bonds. The lowest BCUT2D eigenvalue weighted by Crippen LogP contribution is -2.43. The second-order valence-corrected chi connectivity index (χ2v) is 10.8. The number of hydrogen-bond donors (Lipinski definition) is 3. The fourth-order valence-electron chi connectivity index (χ4n) is 3.78. The number of carboxylic acid groups (broad SMARTS) is 1. The van der Waals surface area contributed by atoms with Crippen molar-refractivity contribution in [3.8, 4) is 0 Å². The lowest BCUT2D eigenvalue weighted by atomic mass is 10.1. The number of nitrogens with one attached hydrogen (secondary N) is 2. The van der Waals surface area contributed by atoms with E-state index in [9.17, 15) is 32.4 Å². The highest BCUT2D eigenvalue weighted by molar-refractivity contribution is 8.15. The first-order valence-electron chi connectivity index (χ1n) is 10.6. The summed E-state index contributed by atoms with van der Waals surface area (Å²) < 4.78 is 29.5. The molecule has 1 aliphatic rings. The van der Waals surface area contributed by atoms with Crippen molar-refractivity contribution in [2.45, 2.75) is 29.7 Å². The summed E-state index contributed by atoms with van der Waals surface area (Å²) in [6.45, 7) is -1.28. The summed E-state index contributed by atoms with van der Waals surface area (Å²) in [6, 6.07) is 11.8. The number of imide groups is 1. The Hall–Kier alpha value is -3.75. The van der Waals surface area contributed by atoms with Crippen molar-refractivity contribution in [3.05, 3.63) is 74.9 Å². The minimum atomic E-state index is -4.00. The molecule has 0 spiro atoms. The van der Waals surface area contributed by atoms with Crippen molar-refractivity contribution < 1.29 is 27.9 Å². The number of carbonyl (C=O) groups is 3. The maximum Gasteiger partial charge on any atom is 0.332 e. The molecule has 2 aromatic carbocycles. The third kappa shape index (κ3) is 5.24. The zero-order valence-corrected chi connectivity index (χ0v) is 20.2. The van der Waals surface area contributed by atoms with Crippen molar-refractivity contribution in [1.29, 1.82) is 0 Å². The first-order valence-corrected chi connectivity index (χ1v) is 13.0. The lowest BCUT2D eigenvalue weighted by molar-refractivity contribution is -0.137. The Labute approximate surface area is 208 Å². The van der Waals surface area contributed by atoms with Gasteiger partial charge >= 0.3 is 11.7 Å². The average Bonchev–Trinajstić information content (AvgIpc) is 3.15. The minimum Gasteiger partial charge on any atom is -0.480 e. The summed E-state index contributed by atoms with van der Waals surface area (Å²) in [6.07, 6.45) is 0.253. The molecule has 188 valence electrons. The molecule has 1 fully saturated rings. The number of carbonyl (C=O) groups excluding carboxylic acids is 2. The first kappa shape index (κ1) is 25.3. The monoisotopic (exact) mass is 532 g/mol. The fourth-order valence-corrected chi connectivity index (χ4v) is 5.66. The van der Waals surface area contributed by atoms with Gasteiger partial charge in [0.1, 0.15) is 6.54 Å². The molecular weight excluding hydrogens is 512 g/mol. The number of thioether (sulfide) groups is 1. The first-order chi connectivity index (χ1) is 17.1. The summed E-state index contributed by atoms with van der Waals surface area (Å²) in [5.41, 5.74) is -0.687. The van der Waals surface area contributed by atoms with Crippen molar-refractivity contribution >= 4 is 49.8 Å².